The minimum atomic E-state index is -0.324. The van der Waals surface area contributed by atoms with Crippen molar-refractivity contribution >= 4 is 17.5 Å². The maximum Gasteiger partial charge on any atom is 0.255 e. The molecule has 2 heterocycles. The minimum absolute atomic E-state index is 0.105. The second-order valence-corrected chi connectivity index (χ2v) is 8.04. The average molecular weight is 443 g/mol. The molecule has 2 aliphatic heterocycles. The van der Waals surface area contributed by atoms with Crippen molar-refractivity contribution in [2.24, 2.45) is 0 Å². The number of piperazine rings is 1. The van der Waals surface area contributed by atoms with Crippen molar-refractivity contribution in [1.82, 2.24) is 9.80 Å². The molecule has 2 aromatic carbocycles. The first kappa shape index (κ1) is 21.6. The van der Waals surface area contributed by atoms with Gasteiger partial charge < -0.3 is 14.4 Å². The Morgan fingerprint density at radius 1 is 1.26 bits per heavy atom. The van der Waals surface area contributed by atoms with Crippen LogP contribution in [-0.4, -0.2) is 61.6 Å². The van der Waals surface area contributed by atoms with Crippen molar-refractivity contribution in [3.63, 3.8) is 0 Å². The average Bonchev–Trinajstić information content (AvgIpc) is 2.79. The van der Waals surface area contributed by atoms with E-state index in [2.05, 4.69) is 16.7 Å². The fraction of sp³-hybridized carbons (Fsp3) is 0.375. The second-order valence-electron chi connectivity index (χ2n) is 7.66. The highest BCUT2D eigenvalue weighted by Crippen LogP contribution is 2.31. The summed E-state index contributed by atoms with van der Waals surface area (Å²) in [5.74, 6) is 5.60. The highest BCUT2D eigenvalue weighted by molar-refractivity contribution is 6.35. The zero-order valence-corrected chi connectivity index (χ0v) is 18.3. The van der Waals surface area contributed by atoms with Gasteiger partial charge in [-0.3, -0.25) is 9.69 Å². The van der Waals surface area contributed by atoms with Gasteiger partial charge in [0.2, 0.25) is 0 Å². The fourth-order valence-electron chi connectivity index (χ4n) is 4.15. The van der Waals surface area contributed by atoms with Gasteiger partial charge in [0, 0.05) is 26.2 Å². The Hall–Kier alpha value is -2.59. The van der Waals surface area contributed by atoms with Gasteiger partial charge in [-0.05, 0) is 36.8 Å². The van der Waals surface area contributed by atoms with E-state index in [1.54, 1.807) is 37.3 Å². The summed E-state index contributed by atoms with van der Waals surface area (Å²) in [6.45, 7) is 4.78. The Labute approximate surface area is 186 Å². The number of carbonyl (C=O) groups excluding carboxylic acids is 1. The number of hydrogen-bond donors (Lipinski definition) is 0. The summed E-state index contributed by atoms with van der Waals surface area (Å²) in [5, 5.41) is 0.333. The smallest absolute Gasteiger partial charge is 0.255 e. The molecule has 31 heavy (non-hydrogen) atoms. The lowest BCUT2D eigenvalue weighted by molar-refractivity contribution is -0.0858. The van der Waals surface area contributed by atoms with Crippen LogP contribution < -0.4 is 4.74 Å². The molecule has 2 fully saturated rings. The van der Waals surface area contributed by atoms with E-state index in [0.717, 1.165) is 12.1 Å². The summed E-state index contributed by atoms with van der Waals surface area (Å²) in [6.07, 6.45) is -0.149. The van der Waals surface area contributed by atoms with E-state index in [0.29, 0.717) is 48.1 Å². The summed E-state index contributed by atoms with van der Waals surface area (Å²) in [5.41, 5.74) is 1.75. The lowest BCUT2D eigenvalue weighted by Gasteiger charge is -2.46. The number of methoxy groups -OCH3 is 1. The number of fused-ring (bicyclic) bond motifs is 1. The van der Waals surface area contributed by atoms with Crippen LogP contribution in [0.15, 0.2) is 36.4 Å². The van der Waals surface area contributed by atoms with E-state index in [9.17, 15) is 9.18 Å². The zero-order chi connectivity index (χ0) is 22.0. The molecule has 5 nitrogen and oxygen atoms in total. The van der Waals surface area contributed by atoms with E-state index in [-0.39, 0.29) is 23.9 Å². The Kier molecular flexibility index (Phi) is 6.47. The number of benzene rings is 2. The molecule has 162 valence electrons. The molecule has 1 unspecified atom stereocenters. The quantitative estimate of drug-likeness (QED) is 0.679. The van der Waals surface area contributed by atoms with Crippen LogP contribution >= 0.6 is 11.6 Å². The van der Waals surface area contributed by atoms with Crippen LogP contribution in [0.4, 0.5) is 4.39 Å². The molecule has 2 atom stereocenters. The first-order chi connectivity index (χ1) is 15.0. The van der Waals surface area contributed by atoms with Crippen molar-refractivity contribution in [3.8, 4) is 17.6 Å². The SMILES string of the molecule is CC#Cc1cc(C2CN3CCN(C(=O)c4cccc(OC)c4Cl)C[C@H]3CO2)ccc1F. The molecule has 2 saturated heterocycles. The Bertz CT molecular complexity index is 1050. The molecule has 0 aliphatic carbocycles. The molecular weight excluding hydrogens is 419 g/mol. The topological polar surface area (TPSA) is 42.0 Å². The summed E-state index contributed by atoms with van der Waals surface area (Å²) >= 11 is 6.35. The zero-order valence-electron chi connectivity index (χ0n) is 17.5. The van der Waals surface area contributed by atoms with Gasteiger partial charge in [-0.2, -0.15) is 0 Å². The number of nitrogens with zero attached hydrogens (tertiary/aromatic N) is 2. The van der Waals surface area contributed by atoms with Gasteiger partial charge in [0.15, 0.2) is 0 Å². The third kappa shape index (κ3) is 4.40. The van der Waals surface area contributed by atoms with Crippen molar-refractivity contribution in [1.29, 1.82) is 0 Å². The molecule has 0 aromatic heterocycles. The molecule has 7 heteroatoms. The molecule has 1 amide bonds. The van der Waals surface area contributed by atoms with E-state index in [4.69, 9.17) is 21.1 Å². The fourth-order valence-corrected chi connectivity index (χ4v) is 4.43. The molecular formula is C24H24ClFN2O3. The van der Waals surface area contributed by atoms with Crippen LogP contribution in [-0.2, 0) is 4.74 Å². The second kappa shape index (κ2) is 9.27. The van der Waals surface area contributed by atoms with Crippen LogP contribution in [0.3, 0.4) is 0 Å². The Morgan fingerprint density at radius 2 is 2.10 bits per heavy atom. The van der Waals surface area contributed by atoms with Crippen LogP contribution in [0.25, 0.3) is 0 Å². The predicted molar refractivity (Wildman–Crippen MR) is 117 cm³/mol. The van der Waals surface area contributed by atoms with E-state index < -0.39 is 0 Å². The first-order valence-electron chi connectivity index (χ1n) is 10.2. The summed E-state index contributed by atoms with van der Waals surface area (Å²) < 4.78 is 25.3. The number of hydrogen-bond acceptors (Lipinski definition) is 4. The van der Waals surface area contributed by atoms with Gasteiger partial charge in [-0.1, -0.05) is 29.7 Å². The molecule has 2 aromatic rings. The third-order valence-electron chi connectivity index (χ3n) is 5.82. The highest BCUT2D eigenvalue weighted by Gasteiger charge is 2.36. The summed E-state index contributed by atoms with van der Waals surface area (Å²) in [4.78, 5) is 17.2. The van der Waals surface area contributed by atoms with Gasteiger partial charge in [0.25, 0.3) is 5.91 Å². The van der Waals surface area contributed by atoms with E-state index in [1.165, 1.54) is 13.2 Å². The van der Waals surface area contributed by atoms with Crippen LogP contribution in [0, 0.1) is 17.7 Å². The number of carbonyl (C=O) groups is 1. The number of rotatable bonds is 3. The lowest BCUT2D eigenvalue weighted by Crippen LogP contribution is -2.59. The molecule has 0 bridgehead atoms. The maximum absolute atomic E-state index is 13.9. The van der Waals surface area contributed by atoms with Gasteiger partial charge in [0.05, 0.1) is 42.0 Å². The highest BCUT2D eigenvalue weighted by atomic mass is 35.5. The largest absolute Gasteiger partial charge is 0.495 e. The van der Waals surface area contributed by atoms with Gasteiger partial charge in [-0.25, -0.2) is 4.39 Å². The van der Waals surface area contributed by atoms with Gasteiger partial charge >= 0.3 is 0 Å². The summed E-state index contributed by atoms with van der Waals surface area (Å²) in [7, 11) is 1.53. The summed E-state index contributed by atoms with van der Waals surface area (Å²) in [6, 6.07) is 10.3. The Balaban J connectivity index is 1.44. The molecule has 0 spiro atoms. The minimum Gasteiger partial charge on any atom is -0.495 e. The van der Waals surface area contributed by atoms with Crippen molar-refractivity contribution in [2.75, 3.05) is 39.9 Å². The third-order valence-corrected chi connectivity index (χ3v) is 6.21. The van der Waals surface area contributed by atoms with Crippen molar-refractivity contribution in [2.45, 2.75) is 19.1 Å². The molecule has 2 aliphatic rings. The van der Waals surface area contributed by atoms with Crippen LogP contribution in [0.2, 0.25) is 5.02 Å². The molecule has 0 saturated carbocycles. The van der Waals surface area contributed by atoms with Gasteiger partial charge in [-0.15, -0.1) is 5.92 Å². The van der Waals surface area contributed by atoms with Crippen LogP contribution in [0.5, 0.6) is 5.75 Å². The van der Waals surface area contributed by atoms with Crippen LogP contribution in [0.1, 0.15) is 34.5 Å². The van der Waals surface area contributed by atoms with E-state index in [1.807, 2.05) is 4.90 Å². The molecule has 4 rings (SSSR count). The number of ether oxygens (including phenoxy) is 2. The maximum atomic E-state index is 13.9. The first-order valence-corrected chi connectivity index (χ1v) is 10.6. The molecule has 0 radical (unpaired) electrons. The monoisotopic (exact) mass is 442 g/mol. The van der Waals surface area contributed by atoms with Crippen molar-refractivity contribution in [3.05, 3.63) is 63.9 Å². The van der Waals surface area contributed by atoms with Gasteiger partial charge in [0.1, 0.15) is 11.6 Å². The molecule has 0 N–H and O–H groups in total. The van der Waals surface area contributed by atoms with E-state index >= 15 is 0 Å². The number of amides is 1. The normalized spacial score (nSPS) is 21.1. The van der Waals surface area contributed by atoms with Crippen molar-refractivity contribution < 1.29 is 18.7 Å². The number of halogens is 2. The predicted octanol–water partition coefficient (Wildman–Crippen LogP) is 3.76. The Morgan fingerprint density at radius 3 is 2.87 bits per heavy atom. The standard InChI is InChI=1S/C24H24ClFN2O3/c1-3-5-16-12-17(8-9-20(16)26)22-14-27-10-11-28(13-18(27)15-31-22)24(29)19-6-4-7-21(30-2)23(19)25/h4,6-9,12,18,22H,10-11,13-15H2,1-2H3/t18-,22?/m0/s1. The number of morpholine rings is 1. The lowest BCUT2D eigenvalue weighted by atomic mass is 10.0.